The van der Waals surface area contributed by atoms with Crippen LogP contribution in [-0.4, -0.2) is 10.9 Å². The summed E-state index contributed by atoms with van der Waals surface area (Å²) in [5.41, 5.74) is 8.01. The van der Waals surface area contributed by atoms with Crippen LogP contribution < -0.4 is 11.1 Å². The molecule has 0 spiro atoms. The van der Waals surface area contributed by atoms with Gasteiger partial charge in [0.05, 0.1) is 11.9 Å². The van der Waals surface area contributed by atoms with Crippen LogP contribution in [0.2, 0.25) is 0 Å². The highest BCUT2D eigenvalue weighted by Gasteiger charge is 2.11. The van der Waals surface area contributed by atoms with Gasteiger partial charge in [0.25, 0.3) is 5.91 Å². The maximum atomic E-state index is 13.2. The van der Waals surface area contributed by atoms with Gasteiger partial charge in [-0.3, -0.25) is 4.79 Å². The average molecular weight is 259 g/mol. The summed E-state index contributed by atoms with van der Waals surface area (Å²) in [5.74, 6) is -0.453. The van der Waals surface area contributed by atoms with Crippen LogP contribution >= 0.6 is 0 Å². The minimum absolute atomic E-state index is 0.288. The van der Waals surface area contributed by atoms with E-state index in [1.165, 1.54) is 18.3 Å². The number of nitrogens with one attached hydrogen (secondary N) is 1. The molecule has 19 heavy (non-hydrogen) atoms. The van der Waals surface area contributed by atoms with Gasteiger partial charge in [-0.15, -0.1) is 0 Å². The summed E-state index contributed by atoms with van der Waals surface area (Å²) < 4.78 is 13.2. The van der Waals surface area contributed by atoms with E-state index < -0.39 is 11.7 Å². The highest BCUT2D eigenvalue weighted by atomic mass is 19.1. The molecule has 0 saturated heterocycles. The summed E-state index contributed by atoms with van der Waals surface area (Å²) in [7, 11) is 0. The first kappa shape index (κ1) is 13.0. The number of hydrogen-bond acceptors (Lipinski definition) is 3. The zero-order valence-electron chi connectivity index (χ0n) is 10.7. The van der Waals surface area contributed by atoms with E-state index in [0.29, 0.717) is 17.1 Å². The van der Waals surface area contributed by atoms with Gasteiger partial charge in [-0.05, 0) is 43.2 Å². The quantitative estimate of drug-likeness (QED) is 0.871. The second-order valence-electron chi connectivity index (χ2n) is 4.34. The number of amides is 1. The number of halogens is 1. The van der Waals surface area contributed by atoms with Crippen molar-refractivity contribution in [2.75, 3.05) is 11.1 Å². The molecule has 0 aliphatic carbocycles. The zero-order valence-corrected chi connectivity index (χ0v) is 10.7. The lowest BCUT2D eigenvalue weighted by Gasteiger charge is -2.08. The van der Waals surface area contributed by atoms with Gasteiger partial charge in [-0.2, -0.15) is 0 Å². The number of nitrogens with two attached hydrogens (primary N) is 1. The van der Waals surface area contributed by atoms with Crippen LogP contribution in [-0.2, 0) is 0 Å². The monoisotopic (exact) mass is 259 g/mol. The Kier molecular flexibility index (Phi) is 3.46. The third kappa shape index (κ3) is 2.88. The van der Waals surface area contributed by atoms with Gasteiger partial charge in [0.2, 0.25) is 0 Å². The molecule has 0 atom stereocenters. The third-order valence-corrected chi connectivity index (χ3v) is 2.84. The Morgan fingerprint density at radius 3 is 2.68 bits per heavy atom. The molecule has 0 unspecified atom stereocenters. The lowest BCUT2D eigenvalue weighted by molar-refractivity contribution is 0.102. The smallest absolute Gasteiger partial charge is 0.257 e. The molecular formula is C14H14FN3O. The predicted molar refractivity (Wildman–Crippen MR) is 72.5 cm³/mol. The van der Waals surface area contributed by atoms with E-state index in [1.54, 1.807) is 19.1 Å². The molecule has 2 aromatic rings. The van der Waals surface area contributed by atoms with Crippen molar-refractivity contribution in [2.45, 2.75) is 13.8 Å². The number of benzene rings is 1. The van der Waals surface area contributed by atoms with Crippen molar-refractivity contribution in [1.82, 2.24) is 4.98 Å². The Morgan fingerprint density at radius 2 is 2.00 bits per heavy atom. The van der Waals surface area contributed by atoms with Crippen LogP contribution in [0.3, 0.4) is 0 Å². The number of carbonyl (C=O) groups excluding carboxylic acids is 1. The molecule has 98 valence electrons. The van der Waals surface area contributed by atoms with Crippen molar-refractivity contribution in [3.8, 4) is 0 Å². The molecule has 1 aromatic carbocycles. The minimum atomic E-state index is -0.447. The number of carbonyl (C=O) groups is 1. The standard InChI is InChI=1S/C14H14FN3O/c1-8-3-4-10(15)6-11(8)14(19)18-13-5-9(2)12(16)7-17-13/h3-7H,16H2,1-2H3,(H,17,18,19). The fourth-order valence-electron chi connectivity index (χ4n) is 1.66. The molecule has 4 nitrogen and oxygen atoms in total. The van der Waals surface area contributed by atoms with Crippen LogP contribution in [0.5, 0.6) is 0 Å². The van der Waals surface area contributed by atoms with Gasteiger partial charge in [-0.1, -0.05) is 6.07 Å². The number of pyridine rings is 1. The number of anilines is 2. The number of nitrogens with zero attached hydrogens (tertiary/aromatic N) is 1. The van der Waals surface area contributed by atoms with Crippen molar-refractivity contribution in [3.05, 3.63) is 53.0 Å². The second-order valence-corrected chi connectivity index (χ2v) is 4.34. The van der Waals surface area contributed by atoms with E-state index in [4.69, 9.17) is 5.73 Å². The molecule has 2 rings (SSSR count). The van der Waals surface area contributed by atoms with Crippen molar-refractivity contribution < 1.29 is 9.18 Å². The van der Waals surface area contributed by atoms with Gasteiger partial charge < -0.3 is 11.1 Å². The molecule has 0 aliphatic heterocycles. The fourth-order valence-corrected chi connectivity index (χ4v) is 1.66. The van der Waals surface area contributed by atoms with Crippen molar-refractivity contribution in [2.24, 2.45) is 0 Å². The first-order valence-electron chi connectivity index (χ1n) is 5.77. The summed E-state index contributed by atoms with van der Waals surface area (Å²) in [5, 5.41) is 2.62. The topological polar surface area (TPSA) is 68.0 Å². The molecular weight excluding hydrogens is 245 g/mol. The number of hydrogen-bond donors (Lipinski definition) is 2. The molecule has 5 heteroatoms. The highest BCUT2D eigenvalue weighted by Crippen LogP contribution is 2.16. The van der Waals surface area contributed by atoms with Gasteiger partial charge in [-0.25, -0.2) is 9.37 Å². The number of rotatable bonds is 2. The van der Waals surface area contributed by atoms with Crippen LogP contribution in [0, 0.1) is 19.7 Å². The Hall–Kier alpha value is -2.43. The zero-order chi connectivity index (χ0) is 14.0. The number of aryl methyl sites for hydroxylation is 2. The molecule has 1 amide bonds. The third-order valence-electron chi connectivity index (χ3n) is 2.84. The first-order valence-corrected chi connectivity index (χ1v) is 5.77. The summed E-state index contributed by atoms with van der Waals surface area (Å²) in [4.78, 5) is 16.0. The molecule has 1 heterocycles. The van der Waals surface area contributed by atoms with E-state index in [9.17, 15) is 9.18 Å². The minimum Gasteiger partial charge on any atom is -0.397 e. The summed E-state index contributed by atoms with van der Waals surface area (Å²) >= 11 is 0. The van der Waals surface area contributed by atoms with E-state index >= 15 is 0 Å². The van der Waals surface area contributed by atoms with E-state index in [2.05, 4.69) is 10.3 Å². The predicted octanol–water partition coefficient (Wildman–Crippen LogP) is 2.67. The normalized spacial score (nSPS) is 10.3. The number of aromatic nitrogens is 1. The summed E-state index contributed by atoms with van der Waals surface area (Å²) in [6.07, 6.45) is 1.48. The fraction of sp³-hybridized carbons (Fsp3) is 0.143. The average Bonchev–Trinajstić information content (AvgIpc) is 2.36. The summed E-state index contributed by atoms with van der Waals surface area (Å²) in [6.45, 7) is 3.57. The molecule has 3 N–H and O–H groups in total. The summed E-state index contributed by atoms with van der Waals surface area (Å²) in [6, 6.07) is 5.75. The van der Waals surface area contributed by atoms with E-state index in [0.717, 1.165) is 5.56 Å². The molecule has 0 bridgehead atoms. The van der Waals surface area contributed by atoms with Crippen molar-refractivity contribution in [3.63, 3.8) is 0 Å². The van der Waals surface area contributed by atoms with Crippen LogP contribution in [0.4, 0.5) is 15.9 Å². The van der Waals surface area contributed by atoms with E-state index in [1.807, 2.05) is 6.92 Å². The molecule has 0 fully saturated rings. The lowest BCUT2D eigenvalue weighted by Crippen LogP contribution is -2.15. The SMILES string of the molecule is Cc1cc(NC(=O)c2cc(F)ccc2C)ncc1N. The maximum absolute atomic E-state index is 13.2. The Bertz CT molecular complexity index is 641. The molecule has 0 radical (unpaired) electrons. The molecule has 0 aliphatic rings. The van der Waals surface area contributed by atoms with Gasteiger partial charge in [0.1, 0.15) is 11.6 Å². The maximum Gasteiger partial charge on any atom is 0.257 e. The highest BCUT2D eigenvalue weighted by molar-refractivity contribution is 6.04. The molecule has 0 saturated carbocycles. The first-order chi connectivity index (χ1) is 8.97. The van der Waals surface area contributed by atoms with Crippen molar-refractivity contribution >= 4 is 17.4 Å². The van der Waals surface area contributed by atoms with Gasteiger partial charge in [0.15, 0.2) is 0 Å². The Labute approximate surface area is 110 Å². The van der Waals surface area contributed by atoms with Gasteiger partial charge in [0, 0.05) is 5.56 Å². The molecule has 1 aromatic heterocycles. The van der Waals surface area contributed by atoms with Crippen molar-refractivity contribution in [1.29, 1.82) is 0 Å². The van der Waals surface area contributed by atoms with Crippen LogP contribution in [0.15, 0.2) is 30.5 Å². The Morgan fingerprint density at radius 1 is 1.26 bits per heavy atom. The largest absolute Gasteiger partial charge is 0.397 e. The lowest BCUT2D eigenvalue weighted by atomic mass is 10.1. The second kappa shape index (κ2) is 5.06. The van der Waals surface area contributed by atoms with Gasteiger partial charge >= 0.3 is 0 Å². The number of nitrogen functional groups attached to an aromatic ring is 1. The Balaban J connectivity index is 2.25. The van der Waals surface area contributed by atoms with Crippen LogP contribution in [0.25, 0.3) is 0 Å². The van der Waals surface area contributed by atoms with E-state index in [-0.39, 0.29) is 5.56 Å². The van der Waals surface area contributed by atoms with Crippen LogP contribution in [0.1, 0.15) is 21.5 Å².